The summed E-state index contributed by atoms with van der Waals surface area (Å²) >= 11 is 0. The van der Waals surface area contributed by atoms with Gasteiger partial charge in [0.25, 0.3) is 0 Å². The Labute approximate surface area is 159 Å². The van der Waals surface area contributed by atoms with Crippen LogP contribution in [0.3, 0.4) is 0 Å². The molecule has 0 aliphatic heterocycles. The van der Waals surface area contributed by atoms with E-state index in [1.54, 1.807) is 59.1 Å². The van der Waals surface area contributed by atoms with E-state index >= 15 is 0 Å². The molecule has 2 unspecified atom stereocenters. The predicted octanol–water partition coefficient (Wildman–Crippen LogP) is 2.38. The Bertz CT molecular complexity index is 624. The Morgan fingerprint density at radius 3 is 2.30 bits per heavy atom. The predicted molar refractivity (Wildman–Crippen MR) is 101 cm³/mol. The first-order chi connectivity index (χ1) is 12.7. The van der Waals surface area contributed by atoms with Gasteiger partial charge in [-0.3, -0.25) is 0 Å². The molecule has 1 aromatic carbocycles. The second-order valence-corrected chi connectivity index (χ2v) is 6.79. The monoisotopic (exact) mass is 380 g/mol. The molecule has 1 amide bonds. The Morgan fingerprint density at radius 2 is 1.81 bits per heavy atom. The molecule has 0 saturated carbocycles. The number of carbonyl (C=O) groups is 3. The summed E-state index contributed by atoms with van der Waals surface area (Å²) in [6.07, 6.45) is -0.0587. The number of hydrogen-bond donors (Lipinski definition) is 2. The molecule has 1 rings (SSSR count). The van der Waals surface area contributed by atoms with Crippen LogP contribution in [0.25, 0.3) is 0 Å². The van der Waals surface area contributed by atoms with Crippen LogP contribution in [0.15, 0.2) is 24.3 Å². The standard InChI is InChI=1S/C19H28N2O6/c1-6-26-17(23)16(21-14-7-9-15(25-5)10-8-14)13(12-22)11-20-18(24)27-19(2,3)4/h7-10,12-13,16,21H,6,11H2,1-5H3,(H,20,24). The van der Waals surface area contributed by atoms with E-state index in [0.29, 0.717) is 17.7 Å². The average Bonchev–Trinajstić information content (AvgIpc) is 2.60. The highest BCUT2D eigenvalue weighted by Crippen LogP contribution is 2.18. The summed E-state index contributed by atoms with van der Waals surface area (Å²) in [5.74, 6) is -0.776. The van der Waals surface area contributed by atoms with Crippen LogP contribution in [0.4, 0.5) is 10.5 Å². The summed E-state index contributed by atoms with van der Waals surface area (Å²) in [6, 6.07) is 5.91. The zero-order chi connectivity index (χ0) is 20.4. The van der Waals surface area contributed by atoms with Crippen LogP contribution in [0.5, 0.6) is 5.75 Å². The molecule has 8 nitrogen and oxygen atoms in total. The van der Waals surface area contributed by atoms with E-state index in [0.717, 1.165) is 0 Å². The maximum Gasteiger partial charge on any atom is 0.407 e. The van der Waals surface area contributed by atoms with E-state index in [1.807, 2.05) is 0 Å². The van der Waals surface area contributed by atoms with Crippen LogP contribution < -0.4 is 15.4 Å². The van der Waals surface area contributed by atoms with Gasteiger partial charge >= 0.3 is 12.1 Å². The third kappa shape index (κ3) is 7.98. The maximum absolute atomic E-state index is 12.3. The van der Waals surface area contributed by atoms with E-state index in [-0.39, 0.29) is 13.2 Å². The molecule has 27 heavy (non-hydrogen) atoms. The van der Waals surface area contributed by atoms with Gasteiger partial charge < -0.3 is 29.6 Å². The first kappa shape index (κ1) is 22.3. The lowest BCUT2D eigenvalue weighted by molar-refractivity contribution is -0.146. The summed E-state index contributed by atoms with van der Waals surface area (Å²) in [5.41, 5.74) is -0.0548. The van der Waals surface area contributed by atoms with Gasteiger partial charge in [0, 0.05) is 12.2 Å². The lowest BCUT2D eigenvalue weighted by Gasteiger charge is -2.25. The zero-order valence-electron chi connectivity index (χ0n) is 16.4. The van der Waals surface area contributed by atoms with Gasteiger partial charge in [-0.1, -0.05) is 0 Å². The van der Waals surface area contributed by atoms with Gasteiger partial charge in [0.15, 0.2) is 0 Å². The number of methoxy groups -OCH3 is 1. The molecule has 0 aliphatic carbocycles. The summed E-state index contributed by atoms with van der Waals surface area (Å²) < 4.78 is 15.3. The lowest BCUT2D eigenvalue weighted by atomic mass is 10.0. The molecular formula is C19H28N2O6. The van der Waals surface area contributed by atoms with Gasteiger partial charge in [-0.05, 0) is 52.0 Å². The number of amides is 1. The molecule has 8 heteroatoms. The van der Waals surface area contributed by atoms with Crippen LogP contribution in [0.2, 0.25) is 0 Å². The van der Waals surface area contributed by atoms with Crippen molar-refractivity contribution in [2.75, 3.05) is 25.6 Å². The highest BCUT2D eigenvalue weighted by atomic mass is 16.6. The van der Waals surface area contributed by atoms with Crippen molar-refractivity contribution in [2.24, 2.45) is 5.92 Å². The first-order valence-electron chi connectivity index (χ1n) is 8.69. The number of aldehydes is 1. The van der Waals surface area contributed by atoms with Gasteiger partial charge in [0.1, 0.15) is 23.7 Å². The van der Waals surface area contributed by atoms with Crippen molar-refractivity contribution in [3.63, 3.8) is 0 Å². The van der Waals surface area contributed by atoms with E-state index in [1.165, 1.54) is 0 Å². The van der Waals surface area contributed by atoms with E-state index in [2.05, 4.69) is 10.6 Å². The van der Waals surface area contributed by atoms with Crippen molar-refractivity contribution in [1.82, 2.24) is 5.32 Å². The second kappa shape index (κ2) is 10.4. The van der Waals surface area contributed by atoms with Crippen molar-refractivity contribution >= 4 is 24.0 Å². The number of alkyl carbamates (subject to hydrolysis) is 1. The van der Waals surface area contributed by atoms with Crippen molar-refractivity contribution in [2.45, 2.75) is 39.3 Å². The van der Waals surface area contributed by atoms with Crippen LogP contribution in [-0.2, 0) is 19.1 Å². The lowest BCUT2D eigenvalue weighted by Crippen LogP contribution is -2.45. The Balaban J connectivity index is 2.86. The quantitative estimate of drug-likeness (QED) is 0.501. The highest BCUT2D eigenvalue weighted by Gasteiger charge is 2.30. The molecule has 2 N–H and O–H groups in total. The molecule has 2 atom stereocenters. The number of hydrogen-bond acceptors (Lipinski definition) is 7. The van der Waals surface area contributed by atoms with Crippen LogP contribution in [0.1, 0.15) is 27.7 Å². The van der Waals surface area contributed by atoms with E-state index in [4.69, 9.17) is 14.2 Å². The fourth-order valence-electron chi connectivity index (χ4n) is 2.20. The minimum absolute atomic E-state index is 0.0783. The topological polar surface area (TPSA) is 103 Å². The molecule has 150 valence electrons. The van der Waals surface area contributed by atoms with Crippen molar-refractivity contribution in [3.05, 3.63) is 24.3 Å². The highest BCUT2D eigenvalue weighted by molar-refractivity contribution is 5.84. The van der Waals surface area contributed by atoms with Gasteiger partial charge in [0.2, 0.25) is 0 Å². The smallest absolute Gasteiger partial charge is 0.407 e. The molecule has 0 spiro atoms. The molecule has 0 bridgehead atoms. The van der Waals surface area contributed by atoms with Crippen molar-refractivity contribution < 1.29 is 28.6 Å². The summed E-state index contributed by atoms with van der Waals surface area (Å²) in [7, 11) is 1.55. The molecule has 0 radical (unpaired) electrons. The molecular weight excluding hydrogens is 352 g/mol. The van der Waals surface area contributed by atoms with Gasteiger partial charge in [-0.25, -0.2) is 9.59 Å². The van der Waals surface area contributed by atoms with Crippen molar-refractivity contribution in [3.8, 4) is 5.75 Å². The average molecular weight is 380 g/mol. The number of carbonyl (C=O) groups excluding carboxylic acids is 3. The summed E-state index contributed by atoms with van der Waals surface area (Å²) in [5, 5.41) is 5.50. The van der Waals surface area contributed by atoms with E-state index < -0.39 is 29.6 Å². The van der Waals surface area contributed by atoms with Crippen molar-refractivity contribution in [1.29, 1.82) is 0 Å². The molecule has 1 aromatic rings. The fraction of sp³-hybridized carbons (Fsp3) is 0.526. The minimum Gasteiger partial charge on any atom is -0.497 e. The Hall–Kier alpha value is -2.77. The summed E-state index contributed by atoms with van der Waals surface area (Å²) in [6.45, 7) is 6.97. The number of rotatable bonds is 9. The number of nitrogens with one attached hydrogen (secondary N) is 2. The third-order valence-corrected chi connectivity index (χ3v) is 3.44. The largest absolute Gasteiger partial charge is 0.497 e. The minimum atomic E-state index is -0.967. The maximum atomic E-state index is 12.3. The SMILES string of the molecule is CCOC(=O)C(Nc1ccc(OC)cc1)C(C=O)CNC(=O)OC(C)(C)C. The number of esters is 1. The van der Waals surface area contributed by atoms with Crippen LogP contribution >= 0.6 is 0 Å². The number of benzene rings is 1. The Morgan fingerprint density at radius 1 is 1.19 bits per heavy atom. The second-order valence-electron chi connectivity index (χ2n) is 6.79. The number of anilines is 1. The molecule has 0 saturated heterocycles. The molecule has 0 aliphatic rings. The van der Waals surface area contributed by atoms with Gasteiger partial charge in [-0.2, -0.15) is 0 Å². The first-order valence-corrected chi connectivity index (χ1v) is 8.69. The molecule has 0 heterocycles. The fourth-order valence-corrected chi connectivity index (χ4v) is 2.20. The van der Waals surface area contributed by atoms with Crippen LogP contribution in [-0.4, -0.2) is 50.3 Å². The summed E-state index contributed by atoms with van der Waals surface area (Å²) in [4.78, 5) is 35.7. The van der Waals surface area contributed by atoms with Gasteiger partial charge in [-0.15, -0.1) is 0 Å². The van der Waals surface area contributed by atoms with E-state index in [9.17, 15) is 14.4 Å². The molecule has 0 fully saturated rings. The number of ether oxygens (including phenoxy) is 3. The van der Waals surface area contributed by atoms with Gasteiger partial charge in [0.05, 0.1) is 19.6 Å². The zero-order valence-corrected chi connectivity index (χ0v) is 16.4. The Kier molecular flexibility index (Phi) is 8.58. The normalized spacial score (nSPS) is 13.1. The van der Waals surface area contributed by atoms with Crippen LogP contribution in [0, 0.1) is 5.92 Å². The third-order valence-electron chi connectivity index (χ3n) is 3.44. The molecule has 0 aromatic heterocycles.